The molecule has 18 heavy (non-hydrogen) atoms. The van der Waals surface area contributed by atoms with Crippen LogP contribution in [0.25, 0.3) is 0 Å². The maximum Gasteiger partial charge on any atom is 0.252 e. The molecular formula is C13H16N2O3. The second-order valence-corrected chi connectivity index (χ2v) is 4.21. The van der Waals surface area contributed by atoms with Crippen molar-refractivity contribution in [1.29, 1.82) is 5.26 Å². The maximum atomic E-state index is 11.9. The Labute approximate surface area is 106 Å². The summed E-state index contributed by atoms with van der Waals surface area (Å²) in [7, 11) is 1.43. The summed E-state index contributed by atoms with van der Waals surface area (Å²) in [4.78, 5) is 11.9. The lowest BCUT2D eigenvalue weighted by molar-refractivity contribution is 0.0937. The molecule has 96 valence electrons. The molecule has 2 N–H and O–H groups in total. The smallest absolute Gasteiger partial charge is 0.252 e. The van der Waals surface area contributed by atoms with Crippen LogP contribution >= 0.6 is 0 Å². The summed E-state index contributed by atoms with van der Waals surface area (Å²) < 4.78 is 4.89. The number of hydrogen-bond acceptors (Lipinski definition) is 4. The minimum atomic E-state index is -0.554. The number of nitrogens with one attached hydrogen (secondary N) is 1. The molecule has 0 aliphatic heterocycles. The van der Waals surface area contributed by atoms with Crippen molar-refractivity contribution in [3.63, 3.8) is 0 Å². The Morgan fingerprint density at radius 3 is 2.61 bits per heavy atom. The van der Waals surface area contributed by atoms with E-state index in [9.17, 15) is 9.90 Å². The van der Waals surface area contributed by atoms with Gasteiger partial charge in [-0.1, -0.05) is 13.8 Å². The van der Waals surface area contributed by atoms with Gasteiger partial charge in [0, 0.05) is 5.56 Å². The fourth-order valence-corrected chi connectivity index (χ4v) is 1.40. The lowest BCUT2D eigenvalue weighted by Gasteiger charge is -2.15. The van der Waals surface area contributed by atoms with Crippen LogP contribution in [0.2, 0.25) is 0 Å². The number of aromatic hydroxyl groups is 1. The van der Waals surface area contributed by atoms with E-state index in [0.717, 1.165) is 0 Å². The summed E-state index contributed by atoms with van der Waals surface area (Å²) in [5.74, 6) is -0.186. The third kappa shape index (κ3) is 3.14. The van der Waals surface area contributed by atoms with Crippen LogP contribution in [0.4, 0.5) is 0 Å². The first-order chi connectivity index (χ1) is 8.49. The number of carbonyl (C=O) groups excluding carboxylic acids is 1. The molecule has 5 heteroatoms. The van der Waals surface area contributed by atoms with E-state index < -0.39 is 11.9 Å². The van der Waals surface area contributed by atoms with Crippen molar-refractivity contribution < 1.29 is 14.6 Å². The summed E-state index contributed by atoms with van der Waals surface area (Å²) in [5, 5.41) is 21.1. The van der Waals surface area contributed by atoms with E-state index in [1.807, 2.05) is 19.9 Å². The second-order valence-electron chi connectivity index (χ2n) is 4.21. The first kappa shape index (κ1) is 13.8. The van der Waals surface area contributed by atoms with E-state index in [2.05, 4.69) is 5.32 Å². The molecule has 0 bridgehead atoms. The minimum Gasteiger partial charge on any atom is -0.504 e. The van der Waals surface area contributed by atoms with Gasteiger partial charge in [0.05, 0.1) is 13.2 Å². The standard InChI is InChI=1S/C13H16N2O3/c1-8(2)10(7-14)15-13(17)9-4-5-12(18-3)11(16)6-9/h4-6,8,10,16H,1-3H3,(H,15,17). The lowest BCUT2D eigenvalue weighted by atomic mass is 10.1. The number of phenolic OH excluding ortho intramolecular Hbond substituents is 1. The lowest BCUT2D eigenvalue weighted by Crippen LogP contribution is -2.37. The number of ether oxygens (including phenoxy) is 1. The first-order valence-corrected chi connectivity index (χ1v) is 5.57. The highest BCUT2D eigenvalue weighted by Gasteiger charge is 2.17. The Balaban J connectivity index is 2.85. The second kappa shape index (κ2) is 5.92. The topological polar surface area (TPSA) is 82.3 Å². The molecule has 0 aliphatic carbocycles. The van der Waals surface area contributed by atoms with Crippen molar-refractivity contribution in [1.82, 2.24) is 5.32 Å². The van der Waals surface area contributed by atoms with Crippen LogP contribution in [0.15, 0.2) is 18.2 Å². The van der Waals surface area contributed by atoms with Gasteiger partial charge in [-0.25, -0.2) is 0 Å². The molecule has 0 fully saturated rings. The molecule has 0 heterocycles. The summed E-state index contributed by atoms with van der Waals surface area (Å²) in [6.45, 7) is 3.69. The zero-order valence-electron chi connectivity index (χ0n) is 10.6. The average Bonchev–Trinajstić information content (AvgIpc) is 2.35. The first-order valence-electron chi connectivity index (χ1n) is 5.57. The molecule has 1 rings (SSSR count). The number of amides is 1. The van der Waals surface area contributed by atoms with Crippen LogP contribution in [-0.4, -0.2) is 24.2 Å². The number of nitriles is 1. The Kier molecular flexibility index (Phi) is 4.55. The van der Waals surface area contributed by atoms with Gasteiger partial charge in [0.2, 0.25) is 0 Å². The van der Waals surface area contributed by atoms with Crippen LogP contribution in [0.5, 0.6) is 11.5 Å². The Bertz CT molecular complexity index is 478. The van der Waals surface area contributed by atoms with Gasteiger partial charge in [-0.15, -0.1) is 0 Å². The van der Waals surface area contributed by atoms with Gasteiger partial charge in [-0.05, 0) is 24.1 Å². The number of carbonyl (C=O) groups is 1. The number of methoxy groups -OCH3 is 1. The highest BCUT2D eigenvalue weighted by Crippen LogP contribution is 2.26. The van der Waals surface area contributed by atoms with Crippen LogP contribution in [-0.2, 0) is 0 Å². The Morgan fingerprint density at radius 2 is 2.17 bits per heavy atom. The van der Waals surface area contributed by atoms with E-state index in [1.54, 1.807) is 0 Å². The van der Waals surface area contributed by atoms with E-state index in [4.69, 9.17) is 10.00 Å². The third-order valence-corrected chi connectivity index (χ3v) is 2.53. The van der Waals surface area contributed by atoms with Crippen molar-refractivity contribution in [2.75, 3.05) is 7.11 Å². The van der Waals surface area contributed by atoms with Gasteiger partial charge < -0.3 is 15.2 Å². The van der Waals surface area contributed by atoms with Crippen LogP contribution in [0.3, 0.4) is 0 Å². The van der Waals surface area contributed by atoms with Crippen LogP contribution in [0, 0.1) is 17.2 Å². The van der Waals surface area contributed by atoms with E-state index >= 15 is 0 Å². The molecule has 1 unspecified atom stereocenters. The quantitative estimate of drug-likeness (QED) is 0.849. The van der Waals surface area contributed by atoms with Gasteiger partial charge in [0.25, 0.3) is 5.91 Å². The largest absolute Gasteiger partial charge is 0.504 e. The fraction of sp³-hybridized carbons (Fsp3) is 0.385. The Morgan fingerprint density at radius 1 is 1.50 bits per heavy atom. The normalized spacial score (nSPS) is 11.7. The van der Waals surface area contributed by atoms with E-state index in [1.165, 1.54) is 25.3 Å². The Hall–Kier alpha value is -2.22. The molecule has 0 saturated carbocycles. The van der Waals surface area contributed by atoms with Gasteiger partial charge in [-0.3, -0.25) is 4.79 Å². The van der Waals surface area contributed by atoms with Crippen molar-refractivity contribution in [2.45, 2.75) is 19.9 Å². The van der Waals surface area contributed by atoms with Crippen LogP contribution in [0.1, 0.15) is 24.2 Å². The molecule has 5 nitrogen and oxygen atoms in total. The van der Waals surface area contributed by atoms with Gasteiger partial charge in [-0.2, -0.15) is 5.26 Å². The van der Waals surface area contributed by atoms with E-state index in [-0.39, 0.29) is 17.2 Å². The SMILES string of the molecule is COc1ccc(C(=O)NC(C#N)C(C)C)cc1O. The van der Waals surface area contributed by atoms with Gasteiger partial charge in [0.1, 0.15) is 6.04 Å². The molecule has 0 saturated heterocycles. The highest BCUT2D eigenvalue weighted by molar-refractivity contribution is 5.95. The monoisotopic (exact) mass is 248 g/mol. The number of benzene rings is 1. The summed E-state index contributed by atoms with van der Waals surface area (Å²) in [6.07, 6.45) is 0. The zero-order valence-corrected chi connectivity index (χ0v) is 10.6. The maximum absolute atomic E-state index is 11.9. The zero-order chi connectivity index (χ0) is 13.7. The summed E-state index contributed by atoms with van der Waals surface area (Å²) in [6, 6.07) is 5.81. The van der Waals surface area contributed by atoms with Crippen molar-refractivity contribution in [2.24, 2.45) is 5.92 Å². The molecular weight excluding hydrogens is 232 g/mol. The summed E-state index contributed by atoms with van der Waals surface area (Å²) >= 11 is 0. The van der Waals surface area contributed by atoms with Crippen LogP contribution < -0.4 is 10.1 Å². The van der Waals surface area contributed by atoms with E-state index in [0.29, 0.717) is 5.75 Å². The van der Waals surface area contributed by atoms with Crippen molar-refractivity contribution in [3.05, 3.63) is 23.8 Å². The summed E-state index contributed by atoms with van der Waals surface area (Å²) in [5.41, 5.74) is 0.286. The molecule has 0 aromatic heterocycles. The third-order valence-electron chi connectivity index (χ3n) is 2.53. The van der Waals surface area contributed by atoms with Crippen molar-refractivity contribution >= 4 is 5.91 Å². The molecule has 1 aromatic carbocycles. The predicted octanol–water partition coefficient (Wildman–Crippen LogP) is 1.68. The van der Waals surface area contributed by atoms with Crippen molar-refractivity contribution in [3.8, 4) is 17.6 Å². The number of nitrogens with zero attached hydrogens (tertiary/aromatic N) is 1. The van der Waals surface area contributed by atoms with Gasteiger partial charge in [0.15, 0.2) is 11.5 Å². The number of rotatable bonds is 4. The number of hydrogen-bond donors (Lipinski definition) is 2. The minimum absolute atomic E-state index is 0.0193. The molecule has 0 aliphatic rings. The molecule has 1 amide bonds. The number of phenols is 1. The highest BCUT2D eigenvalue weighted by atomic mass is 16.5. The average molecular weight is 248 g/mol. The molecule has 1 aromatic rings. The molecule has 1 atom stereocenters. The van der Waals surface area contributed by atoms with Gasteiger partial charge >= 0.3 is 0 Å². The molecule has 0 radical (unpaired) electrons. The predicted molar refractivity (Wildman–Crippen MR) is 66.4 cm³/mol. The molecule has 0 spiro atoms. The fourth-order valence-electron chi connectivity index (χ4n) is 1.40.